The van der Waals surface area contributed by atoms with Crippen LogP contribution in [-0.4, -0.2) is 23.7 Å². The zero-order valence-electron chi connectivity index (χ0n) is 16.7. The van der Waals surface area contributed by atoms with Crippen LogP contribution in [0.3, 0.4) is 0 Å². The summed E-state index contributed by atoms with van der Waals surface area (Å²) in [4.78, 5) is 20.2. The van der Waals surface area contributed by atoms with E-state index in [0.29, 0.717) is 24.2 Å². The van der Waals surface area contributed by atoms with Gasteiger partial charge in [-0.25, -0.2) is 4.39 Å². The summed E-state index contributed by atoms with van der Waals surface area (Å²) in [5, 5.41) is 5.36. The van der Waals surface area contributed by atoms with Gasteiger partial charge in [-0.3, -0.25) is 14.8 Å². The third-order valence-electron chi connectivity index (χ3n) is 5.02. The molecule has 1 amide bonds. The molecule has 0 radical (unpaired) electrons. The van der Waals surface area contributed by atoms with E-state index < -0.39 is 29.4 Å². The van der Waals surface area contributed by atoms with Gasteiger partial charge in [-0.05, 0) is 53.9 Å². The maximum atomic E-state index is 13.6. The minimum Gasteiger partial charge on any atom is -0.384 e. The van der Waals surface area contributed by atoms with E-state index in [1.165, 1.54) is 36.5 Å². The van der Waals surface area contributed by atoms with Crippen LogP contribution in [0.2, 0.25) is 0 Å². The molecule has 0 bridgehead atoms. The summed E-state index contributed by atoms with van der Waals surface area (Å²) in [6, 6.07) is 11.2. The number of alkyl halides is 3. The number of hydrogen-bond acceptors (Lipinski definition) is 4. The van der Waals surface area contributed by atoms with Gasteiger partial charge in [-0.2, -0.15) is 13.2 Å². The maximum Gasteiger partial charge on any atom is 0.418 e. The SMILES string of the molecule is O=C1Nc2cc(F)ccc2C1C=Nc1ccc(NCCc2cccnc2)c(C(F)(F)F)c1. The highest BCUT2D eigenvalue weighted by atomic mass is 19.4. The van der Waals surface area contributed by atoms with Crippen LogP contribution in [0, 0.1) is 5.82 Å². The quantitative estimate of drug-likeness (QED) is 0.401. The zero-order chi connectivity index (χ0) is 22.7. The summed E-state index contributed by atoms with van der Waals surface area (Å²) in [6.07, 6.45) is 0.489. The van der Waals surface area contributed by atoms with E-state index in [0.717, 1.165) is 11.6 Å². The Balaban J connectivity index is 1.52. The second-order valence-corrected chi connectivity index (χ2v) is 7.24. The van der Waals surface area contributed by atoms with Gasteiger partial charge in [-0.15, -0.1) is 0 Å². The molecule has 3 aromatic rings. The predicted molar refractivity (Wildman–Crippen MR) is 114 cm³/mol. The molecular formula is C23H18F4N4O. The standard InChI is InChI=1S/C23H18F4N4O/c24-15-3-5-17-18(22(32)31-21(17)10-15)13-30-16-4-6-20(19(11-16)23(25,26)27)29-9-7-14-2-1-8-28-12-14/h1-6,8,10-13,18,29H,7,9H2,(H,31,32). The number of aromatic nitrogens is 1. The van der Waals surface area contributed by atoms with Gasteiger partial charge in [0.15, 0.2) is 0 Å². The summed E-state index contributed by atoms with van der Waals surface area (Å²) in [5.41, 5.74) is 0.903. The first-order chi connectivity index (χ1) is 15.3. The maximum absolute atomic E-state index is 13.6. The summed E-state index contributed by atoms with van der Waals surface area (Å²) < 4.78 is 54.2. The molecular weight excluding hydrogens is 424 g/mol. The average molecular weight is 442 g/mol. The van der Waals surface area contributed by atoms with Crippen molar-refractivity contribution in [1.29, 1.82) is 0 Å². The van der Waals surface area contributed by atoms with Crippen molar-refractivity contribution in [2.75, 3.05) is 17.2 Å². The molecule has 1 aliphatic rings. The summed E-state index contributed by atoms with van der Waals surface area (Å²) >= 11 is 0. The molecule has 0 aliphatic carbocycles. The minimum atomic E-state index is -4.59. The monoisotopic (exact) mass is 442 g/mol. The number of fused-ring (bicyclic) bond motifs is 1. The molecule has 1 atom stereocenters. The zero-order valence-corrected chi connectivity index (χ0v) is 16.7. The van der Waals surface area contributed by atoms with Crippen LogP contribution >= 0.6 is 0 Å². The van der Waals surface area contributed by atoms with Crippen molar-refractivity contribution in [2.24, 2.45) is 4.99 Å². The van der Waals surface area contributed by atoms with Crippen LogP contribution in [0.15, 0.2) is 65.9 Å². The average Bonchev–Trinajstić information content (AvgIpc) is 3.06. The fourth-order valence-corrected chi connectivity index (χ4v) is 3.46. The lowest BCUT2D eigenvalue weighted by Crippen LogP contribution is -2.13. The Hall–Kier alpha value is -3.75. The molecule has 2 aromatic carbocycles. The lowest BCUT2D eigenvalue weighted by Gasteiger charge is -2.15. The lowest BCUT2D eigenvalue weighted by molar-refractivity contribution is -0.137. The van der Waals surface area contributed by atoms with Gasteiger partial charge in [0.1, 0.15) is 11.7 Å². The molecule has 0 spiro atoms. The van der Waals surface area contributed by atoms with Gasteiger partial charge in [-0.1, -0.05) is 12.1 Å². The second kappa shape index (κ2) is 8.78. The summed E-state index contributed by atoms with van der Waals surface area (Å²) in [7, 11) is 0. The topological polar surface area (TPSA) is 66.4 Å². The Labute approximate surface area is 181 Å². The number of benzene rings is 2. The number of amides is 1. The number of halogens is 4. The molecule has 32 heavy (non-hydrogen) atoms. The van der Waals surface area contributed by atoms with Crippen LogP contribution in [0.4, 0.5) is 34.6 Å². The number of rotatable bonds is 6. The van der Waals surface area contributed by atoms with Crippen LogP contribution < -0.4 is 10.6 Å². The molecule has 0 saturated carbocycles. The second-order valence-electron chi connectivity index (χ2n) is 7.24. The Morgan fingerprint density at radius 1 is 1.16 bits per heavy atom. The Morgan fingerprint density at radius 2 is 2.00 bits per heavy atom. The number of hydrogen-bond donors (Lipinski definition) is 2. The minimum absolute atomic E-state index is 0.0542. The number of carbonyl (C=O) groups is 1. The first-order valence-electron chi connectivity index (χ1n) is 9.80. The largest absolute Gasteiger partial charge is 0.418 e. The first kappa shape index (κ1) is 21.5. The molecule has 2 N–H and O–H groups in total. The van der Waals surface area contributed by atoms with E-state index in [9.17, 15) is 22.4 Å². The summed E-state index contributed by atoms with van der Waals surface area (Å²) in [6.45, 7) is 0.299. The van der Waals surface area contributed by atoms with Crippen LogP contribution in [-0.2, 0) is 17.4 Å². The number of pyridine rings is 1. The number of nitrogens with one attached hydrogen (secondary N) is 2. The highest BCUT2D eigenvalue weighted by Crippen LogP contribution is 2.38. The third-order valence-corrected chi connectivity index (χ3v) is 5.02. The van der Waals surface area contributed by atoms with E-state index >= 15 is 0 Å². The van der Waals surface area contributed by atoms with Gasteiger partial charge in [0.25, 0.3) is 0 Å². The first-order valence-corrected chi connectivity index (χ1v) is 9.80. The fraction of sp³-hybridized carbons (Fsp3) is 0.174. The van der Waals surface area contributed by atoms with E-state index in [1.807, 2.05) is 6.07 Å². The van der Waals surface area contributed by atoms with Crippen LogP contribution in [0.1, 0.15) is 22.6 Å². The highest BCUT2D eigenvalue weighted by Gasteiger charge is 2.34. The van der Waals surface area contributed by atoms with E-state index in [1.54, 1.807) is 18.5 Å². The molecule has 4 rings (SSSR count). The number of nitrogens with zero attached hydrogens (tertiary/aromatic N) is 2. The van der Waals surface area contributed by atoms with Gasteiger partial charge in [0, 0.05) is 36.5 Å². The molecule has 2 heterocycles. The van der Waals surface area contributed by atoms with E-state index in [-0.39, 0.29) is 11.4 Å². The Morgan fingerprint density at radius 3 is 2.75 bits per heavy atom. The van der Waals surface area contributed by atoms with Gasteiger partial charge >= 0.3 is 6.18 Å². The molecule has 1 aliphatic heterocycles. The summed E-state index contributed by atoms with van der Waals surface area (Å²) in [5.74, 6) is -1.72. The van der Waals surface area contributed by atoms with Gasteiger partial charge in [0.05, 0.1) is 11.3 Å². The lowest BCUT2D eigenvalue weighted by atomic mass is 10.0. The highest BCUT2D eigenvalue weighted by molar-refractivity contribution is 6.12. The number of anilines is 2. The number of carbonyl (C=O) groups excluding carboxylic acids is 1. The van der Waals surface area contributed by atoms with Crippen molar-refractivity contribution >= 4 is 29.2 Å². The third kappa shape index (κ3) is 4.77. The van der Waals surface area contributed by atoms with Gasteiger partial charge < -0.3 is 10.6 Å². The van der Waals surface area contributed by atoms with Crippen molar-refractivity contribution < 1.29 is 22.4 Å². The number of aliphatic imine (C=N–C) groups is 1. The van der Waals surface area contributed by atoms with E-state index in [2.05, 4.69) is 20.6 Å². The van der Waals surface area contributed by atoms with Crippen molar-refractivity contribution in [3.63, 3.8) is 0 Å². The molecule has 1 aromatic heterocycles. The Bertz CT molecular complexity index is 1160. The van der Waals surface area contributed by atoms with E-state index in [4.69, 9.17) is 0 Å². The van der Waals surface area contributed by atoms with Crippen molar-refractivity contribution in [1.82, 2.24) is 4.98 Å². The smallest absolute Gasteiger partial charge is 0.384 e. The molecule has 9 heteroatoms. The predicted octanol–water partition coefficient (Wildman–Crippen LogP) is 5.33. The molecule has 5 nitrogen and oxygen atoms in total. The molecule has 1 unspecified atom stereocenters. The molecule has 0 fully saturated rings. The molecule has 0 saturated heterocycles. The van der Waals surface area contributed by atoms with Crippen LogP contribution in [0.25, 0.3) is 0 Å². The normalized spacial score (nSPS) is 15.6. The van der Waals surface area contributed by atoms with Crippen molar-refractivity contribution in [3.05, 3.63) is 83.4 Å². The fourth-order valence-electron chi connectivity index (χ4n) is 3.46. The Kier molecular flexibility index (Phi) is 5.89. The van der Waals surface area contributed by atoms with Crippen molar-refractivity contribution in [3.8, 4) is 0 Å². The van der Waals surface area contributed by atoms with Gasteiger partial charge in [0.2, 0.25) is 5.91 Å². The van der Waals surface area contributed by atoms with Crippen LogP contribution in [0.5, 0.6) is 0 Å². The molecule has 164 valence electrons. The van der Waals surface area contributed by atoms with Crippen molar-refractivity contribution in [2.45, 2.75) is 18.5 Å².